The van der Waals surface area contributed by atoms with E-state index in [0.717, 1.165) is 12.8 Å². The molecule has 0 aromatic heterocycles. The van der Waals surface area contributed by atoms with E-state index in [1.807, 2.05) is 6.92 Å². The number of rotatable bonds is 6. The van der Waals surface area contributed by atoms with Gasteiger partial charge in [-0.1, -0.05) is 12.8 Å². The van der Waals surface area contributed by atoms with Crippen LogP contribution in [0.25, 0.3) is 0 Å². The summed E-state index contributed by atoms with van der Waals surface area (Å²) in [6.07, 6.45) is 7.35. The van der Waals surface area contributed by atoms with Crippen LogP contribution in [0.3, 0.4) is 0 Å². The normalized spacial score (nSPS) is 24.6. The van der Waals surface area contributed by atoms with E-state index in [0.29, 0.717) is 23.5 Å². The molecule has 17 heavy (non-hydrogen) atoms. The second kappa shape index (κ2) is 5.61. The Hall–Kier alpha value is -0.220. The standard InChI is InChI=1S/C13H23NO2S/c1-13(16,10-6-7-10)9-14-12(15)8-17-11-4-2-3-5-11/h10-11,16H,2-9H2,1H3,(H,14,15)/t13-/m0/s1. The summed E-state index contributed by atoms with van der Waals surface area (Å²) in [5.74, 6) is 1.01. The van der Waals surface area contributed by atoms with Gasteiger partial charge in [-0.25, -0.2) is 0 Å². The number of carbonyl (C=O) groups is 1. The lowest BCUT2D eigenvalue weighted by Gasteiger charge is -2.23. The largest absolute Gasteiger partial charge is 0.388 e. The molecule has 2 fully saturated rings. The Kier molecular flexibility index (Phi) is 4.36. The van der Waals surface area contributed by atoms with Crippen LogP contribution in [0.1, 0.15) is 45.4 Å². The van der Waals surface area contributed by atoms with Crippen LogP contribution in [0, 0.1) is 5.92 Å². The van der Waals surface area contributed by atoms with E-state index in [-0.39, 0.29) is 5.91 Å². The van der Waals surface area contributed by atoms with Crippen molar-refractivity contribution in [1.29, 1.82) is 0 Å². The summed E-state index contributed by atoms with van der Waals surface area (Å²) in [6.45, 7) is 2.23. The van der Waals surface area contributed by atoms with Crippen molar-refractivity contribution in [3.63, 3.8) is 0 Å². The number of amides is 1. The van der Waals surface area contributed by atoms with E-state index in [1.165, 1.54) is 25.7 Å². The second-order valence-corrected chi connectivity index (χ2v) is 6.91. The van der Waals surface area contributed by atoms with Gasteiger partial charge in [0, 0.05) is 11.8 Å². The molecule has 2 aliphatic carbocycles. The Morgan fingerprint density at radius 2 is 2.00 bits per heavy atom. The van der Waals surface area contributed by atoms with Crippen LogP contribution in [-0.2, 0) is 4.79 Å². The zero-order chi connectivity index (χ0) is 12.3. The molecule has 0 saturated heterocycles. The lowest BCUT2D eigenvalue weighted by Crippen LogP contribution is -2.42. The zero-order valence-electron chi connectivity index (χ0n) is 10.6. The van der Waals surface area contributed by atoms with Crippen molar-refractivity contribution >= 4 is 17.7 Å². The van der Waals surface area contributed by atoms with Gasteiger partial charge in [-0.3, -0.25) is 4.79 Å². The molecule has 0 heterocycles. The SMILES string of the molecule is C[C@](O)(CNC(=O)CSC1CCCC1)C1CC1. The van der Waals surface area contributed by atoms with E-state index in [1.54, 1.807) is 11.8 Å². The molecule has 0 aromatic carbocycles. The van der Waals surface area contributed by atoms with Crippen molar-refractivity contribution in [2.45, 2.75) is 56.3 Å². The van der Waals surface area contributed by atoms with Crippen LogP contribution in [0.4, 0.5) is 0 Å². The van der Waals surface area contributed by atoms with Crippen LogP contribution in [0.15, 0.2) is 0 Å². The molecule has 0 unspecified atom stereocenters. The maximum absolute atomic E-state index is 11.6. The van der Waals surface area contributed by atoms with Gasteiger partial charge in [-0.15, -0.1) is 11.8 Å². The van der Waals surface area contributed by atoms with Gasteiger partial charge in [0.1, 0.15) is 0 Å². The van der Waals surface area contributed by atoms with Crippen LogP contribution in [-0.4, -0.2) is 34.2 Å². The third kappa shape index (κ3) is 4.18. The first-order chi connectivity index (χ1) is 8.08. The van der Waals surface area contributed by atoms with Crippen molar-refractivity contribution < 1.29 is 9.90 Å². The quantitative estimate of drug-likeness (QED) is 0.764. The third-order valence-corrected chi connectivity index (χ3v) is 5.22. The molecule has 4 heteroatoms. The maximum atomic E-state index is 11.6. The van der Waals surface area contributed by atoms with Gasteiger partial charge >= 0.3 is 0 Å². The van der Waals surface area contributed by atoms with Gasteiger partial charge in [-0.2, -0.15) is 0 Å². The lowest BCUT2D eigenvalue weighted by atomic mass is 10.0. The van der Waals surface area contributed by atoms with Crippen molar-refractivity contribution in [2.75, 3.05) is 12.3 Å². The van der Waals surface area contributed by atoms with Gasteiger partial charge in [-0.05, 0) is 38.5 Å². The predicted molar refractivity (Wildman–Crippen MR) is 71.1 cm³/mol. The molecule has 3 nitrogen and oxygen atoms in total. The first-order valence-electron chi connectivity index (χ1n) is 6.68. The summed E-state index contributed by atoms with van der Waals surface area (Å²) in [5.41, 5.74) is -0.701. The smallest absolute Gasteiger partial charge is 0.230 e. The summed E-state index contributed by atoms with van der Waals surface area (Å²) in [4.78, 5) is 11.6. The van der Waals surface area contributed by atoms with Gasteiger partial charge in [0.25, 0.3) is 0 Å². The molecule has 0 bridgehead atoms. The molecule has 0 radical (unpaired) electrons. The summed E-state index contributed by atoms with van der Waals surface area (Å²) in [5, 5.41) is 13.6. The van der Waals surface area contributed by atoms with Crippen molar-refractivity contribution in [1.82, 2.24) is 5.32 Å². The van der Waals surface area contributed by atoms with Crippen LogP contribution >= 0.6 is 11.8 Å². The number of thioether (sulfide) groups is 1. The zero-order valence-corrected chi connectivity index (χ0v) is 11.4. The van der Waals surface area contributed by atoms with E-state index in [4.69, 9.17) is 0 Å². The highest BCUT2D eigenvalue weighted by Crippen LogP contribution is 2.39. The highest BCUT2D eigenvalue weighted by Gasteiger charge is 2.39. The average molecular weight is 257 g/mol. The molecule has 1 atom stereocenters. The summed E-state index contributed by atoms with van der Waals surface area (Å²) in [6, 6.07) is 0. The highest BCUT2D eigenvalue weighted by atomic mass is 32.2. The van der Waals surface area contributed by atoms with E-state index < -0.39 is 5.60 Å². The van der Waals surface area contributed by atoms with Gasteiger partial charge in [0.05, 0.1) is 11.4 Å². The van der Waals surface area contributed by atoms with Crippen molar-refractivity contribution in [2.24, 2.45) is 5.92 Å². The van der Waals surface area contributed by atoms with Crippen LogP contribution in [0.2, 0.25) is 0 Å². The van der Waals surface area contributed by atoms with Gasteiger partial charge in [0.2, 0.25) is 5.91 Å². The molecule has 2 saturated carbocycles. The number of hydrogen-bond donors (Lipinski definition) is 2. The van der Waals surface area contributed by atoms with E-state index >= 15 is 0 Å². The Bertz CT molecular complexity index is 271. The monoisotopic (exact) mass is 257 g/mol. The molecule has 1 amide bonds. The number of carbonyl (C=O) groups excluding carboxylic acids is 1. The molecule has 2 N–H and O–H groups in total. The highest BCUT2D eigenvalue weighted by molar-refractivity contribution is 8.00. The number of aliphatic hydroxyl groups is 1. The first-order valence-corrected chi connectivity index (χ1v) is 7.73. The lowest BCUT2D eigenvalue weighted by molar-refractivity contribution is -0.119. The second-order valence-electron chi connectivity index (χ2n) is 5.63. The van der Waals surface area contributed by atoms with E-state index in [2.05, 4.69) is 5.32 Å². The number of hydrogen-bond acceptors (Lipinski definition) is 3. The Morgan fingerprint density at radius 1 is 1.35 bits per heavy atom. The fraction of sp³-hybridized carbons (Fsp3) is 0.923. The van der Waals surface area contributed by atoms with Crippen LogP contribution < -0.4 is 5.32 Å². The Balaban J connectivity index is 1.60. The summed E-state index contributed by atoms with van der Waals surface area (Å²) >= 11 is 1.77. The molecule has 98 valence electrons. The minimum Gasteiger partial charge on any atom is -0.388 e. The number of nitrogens with one attached hydrogen (secondary N) is 1. The molecule has 0 spiro atoms. The Labute approximate surface area is 108 Å². The van der Waals surface area contributed by atoms with Crippen molar-refractivity contribution in [3.05, 3.63) is 0 Å². The maximum Gasteiger partial charge on any atom is 0.230 e. The minimum absolute atomic E-state index is 0.0721. The fourth-order valence-electron chi connectivity index (χ4n) is 2.43. The summed E-state index contributed by atoms with van der Waals surface area (Å²) < 4.78 is 0. The van der Waals surface area contributed by atoms with Gasteiger partial charge < -0.3 is 10.4 Å². The molecule has 2 aliphatic rings. The molecular formula is C13H23NO2S. The van der Waals surface area contributed by atoms with Crippen LogP contribution in [0.5, 0.6) is 0 Å². The minimum atomic E-state index is -0.701. The predicted octanol–water partition coefficient (Wildman–Crippen LogP) is 1.94. The van der Waals surface area contributed by atoms with Crippen molar-refractivity contribution in [3.8, 4) is 0 Å². The first kappa shape index (κ1) is 13.2. The molecule has 0 aliphatic heterocycles. The summed E-state index contributed by atoms with van der Waals surface area (Å²) in [7, 11) is 0. The molecular weight excluding hydrogens is 234 g/mol. The molecule has 0 aromatic rings. The van der Waals surface area contributed by atoms with Gasteiger partial charge in [0.15, 0.2) is 0 Å². The molecule has 2 rings (SSSR count). The third-order valence-electron chi connectivity index (χ3n) is 3.85. The fourth-order valence-corrected chi connectivity index (χ4v) is 3.58. The average Bonchev–Trinajstić information content (AvgIpc) is 3.03. The Morgan fingerprint density at radius 3 is 2.59 bits per heavy atom. The topological polar surface area (TPSA) is 49.3 Å². The van der Waals surface area contributed by atoms with E-state index in [9.17, 15) is 9.90 Å².